The van der Waals surface area contributed by atoms with Crippen molar-refractivity contribution in [2.75, 3.05) is 6.54 Å². The zero-order chi connectivity index (χ0) is 10.4. The molecule has 0 aromatic carbocycles. The third-order valence-corrected chi connectivity index (χ3v) is 2.04. The number of nitrogens with one attached hydrogen (secondary N) is 1. The van der Waals surface area contributed by atoms with Crippen molar-refractivity contribution in [2.45, 2.75) is 33.4 Å². The second-order valence-electron chi connectivity index (χ2n) is 3.32. The molecule has 3 nitrogen and oxygen atoms in total. The van der Waals surface area contributed by atoms with Crippen LogP contribution in [0.15, 0.2) is 6.20 Å². The van der Waals surface area contributed by atoms with Crippen molar-refractivity contribution in [1.82, 2.24) is 15.1 Å². The molecule has 0 bridgehead atoms. The van der Waals surface area contributed by atoms with Gasteiger partial charge in [0.15, 0.2) is 0 Å². The van der Waals surface area contributed by atoms with Gasteiger partial charge in [-0.05, 0) is 19.9 Å². The minimum Gasteiger partial charge on any atom is -0.313 e. The fourth-order valence-electron chi connectivity index (χ4n) is 1.31. The fourth-order valence-corrected chi connectivity index (χ4v) is 1.31. The van der Waals surface area contributed by atoms with Crippen LogP contribution >= 0.6 is 0 Å². The Balaban J connectivity index is 2.54. The molecule has 0 aliphatic rings. The van der Waals surface area contributed by atoms with E-state index in [1.165, 1.54) is 5.56 Å². The minimum atomic E-state index is 0.550. The molecular weight excluding hydrogens is 174 g/mol. The molecule has 1 aromatic rings. The molecule has 0 saturated carbocycles. The summed E-state index contributed by atoms with van der Waals surface area (Å²) in [4.78, 5) is 0. The van der Waals surface area contributed by atoms with Crippen LogP contribution in [-0.2, 0) is 13.1 Å². The van der Waals surface area contributed by atoms with E-state index in [4.69, 9.17) is 6.42 Å². The SMILES string of the molecule is C#CCn1cc(CNCCC)c(C)n1. The highest BCUT2D eigenvalue weighted by atomic mass is 15.3. The Morgan fingerprint density at radius 2 is 2.43 bits per heavy atom. The van der Waals surface area contributed by atoms with Crippen molar-refractivity contribution >= 4 is 0 Å². The minimum absolute atomic E-state index is 0.550. The quantitative estimate of drug-likeness (QED) is 0.562. The highest BCUT2D eigenvalue weighted by molar-refractivity contribution is 5.15. The van der Waals surface area contributed by atoms with Gasteiger partial charge in [-0.1, -0.05) is 12.8 Å². The molecule has 1 N–H and O–H groups in total. The topological polar surface area (TPSA) is 29.9 Å². The Morgan fingerprint density at radius 1 is 1.64 bits per heavy atom. The van der Waals surface area contributed by atoms with E-state index in [1.807, 2.05) is 13.1 Å². The first-order chi connectivity index (χ1) is 6.77. The third-order valence-electron chi connectivity index (χ3n) is 2.04. The molecule has 0 radical (unpaired) electrons. The normalized spacial score (nSPS) is 10.1. The molecule has 0 spiro atoms. The van der Waals surface area contributed by atoms with E-state index < -0.39 is 0 Å². The monoisotopic (exact) mass is 191 g/mol. The third kappa shape index (κ3) is 2.90. The Kier molecular flexibility index (Phi) is 4.21. The van der Waals surface area contributed by atoms with Crippen LogP contribution in [0.2, 0.25) is 0 Å². The second-order valence-corrected chi connectivity index (χ2v) is 3.32. The molecule has 0 amide bonds. The average Bonchev–Trinajstić information content (AvgIpc) is 2.48. The van der Waals surface area contributed by atoms with Crippen molar-refractivity contribution in [1.29, 1.82) is 0 Å². The molecule has 0 fully saturated rings. The summed E-state index contributed by atoms with van der Waals surface area (Å²) >= 11 is 0. The number of hydrogen-bond acceptors (Lipinski definition) is 2. The van der Waals surface area contributed by atoms with Crippen LogP contribution in [0.3, 0.4) is 0 Å². The zero-order valence-electron chi connectivity index (χ0n) is 8.88. The molecule has 0 aliphatic carbocycles. The van der Waals surface area contributed by atoms with Gasteiger partial charge in [-0.15, -0.1) is 6.42 Å². The summed E-state index contributed by atoms with van der Waals surface area (Å²) in [5.41, 5.74) is 2.29. The maximum atomic E-state index is 5.22. The highest BCUT2D eigenvalue weighted by Gasteiger charge is 2.02. The Labute approximate surface area is 85.5 Å². The van der Waals surface area contributed by atoms with E-state index >= 15 is 0 Å². The largest absolute Gasteiger partial charge is 0.313 e. The lowest BCUT2D eigenvalue weighted by atomic mass is 10.2. The number of rotatable bonds is 5. The zero-order valence-corrected chi connectivity index (χ0v) is 8.88. The van der Waals surface area contributed by atoms with Crippen LogP contribution in [-0.4, -0.2) is 16.3 Å². The van der Waals surface area contributed by atoms with Gasteiger partial charge in [0, 0.05) is 18.3 Å². The number of aromatic nitrogens is 2. The van der Waals surface area contributed by atoms with E-state index in [1.54, 1.807) is 4.68 Å². The van der Waals surface area contributed by atoms with Crippen LogP contribution in [0.4, 0.5) is 0 Å². The smallest absolute Gasteiger partial charge is 0.101 e. The highest BCUT2D eigenvalue weighted by Crippen LogP contribution is 2.04. The van der Waals surface area contributed by atoms with Crippen molar-refractivity contribution in [3.63, 3.8) is 0 Å². The van der Waals surface area contributed by atoms with E-state index in [0.717, 1.165) is 25.2 Å². The standard InChI is InChI=1S/C11H17N3/c1-4-6-12-8-11-9-14(7-5-2)13-10(11)3/h2,9,12H,4,6-8H2,1,3H3. The molecule has 1 heterocycles. The summed E-state index contributed by atoms with van der Waals surface area (Å²) in [6.45, 7) is 6.64. The molecule has 1 rings (SSSR count). The first kappa shape index (κ1) is 10.8. The molecule has 14 heavy (non-hydrogen) atoms. The molecular formula is C11H17N3. The van der Waals surface area contributed by atoms with Crippen LogP contribution < -0.4 is 5.32 Å². The van der Waals surface area contributed by atoms with Gasteiger partial charge >= 0.3 is 0 Å². The molecule has 0 atom stereocenters. The van der Waals surface area contributed by atoms with Crippen LogP contribution in [0.5, 0.6) is 0 Å². The number of nitrogens with zero attached hydrogens (tertiary/aromatic N) is 2. The number of aryl methyl sites for hydroxylation is 1. The molecule has 76 valence electrons. The van der Waals surface area contributed by atoms with Crippen molar-refractivity contribution in [3.8, 4) is 12.3 Å². The van der Waals surface area contributed by atoms with E-state index in [2.05, 4.69) is 23.3 Å². The Hall–Kier alpha value is -1.27. The fraction of sp³-hybridized carbons (Fsp3) is 0.545. The molecule has 0 saturated heterocycles. The van der Waals surface area contributed by atoms with Crippen LogP contribution in [0.1, 0.15) is 24.6 Å². The lowest BCUT2D eigenvalue weighted by Gasteiger charge is -1.99. The van der Waals surface area contributed by atoms with Crippen molar-refractivity contribution in [2.24, 2.45) is 0 Å². The van der Waals surface area contributed by atoms with Gasteiger partial charge in [0.1, 0.15) is 6.54 Å². The van der Waals surface area contributed by atoms with Gasteiger partial charge in [0.05, 0.1) is 5.69 Å². The first-order valence-electron chi connectivity index (χ1n) is 4.95. The summed E-state index contributed by atoms with van der Waals surface area (Å²) in [5.74, 6) is 2.57. The second kappa shape index (κ2) is 5.46. The predicted molar refractivity (Wildman–Crippen MR) is 57.8 cm³/mol. The number of terminal acetylenes is 1. The van der Waals surface area contributed by atoms with Gasteiger partial charge in [-0.2, -0.15) is 5.10 Å². The molecule has 0 unspecified atom stereocenters. The van der Waals surface area contributed by atoms with Gasteiger partial charge in [0.2, 0.25) is 0 Å². The van der Waals surface area contributed by atoms with Gasteiger partial charge < -0.3 is 5.32 Å². The molecule has 0 aliphatic heterocycles. The van der Waals surface area contributed by atoms with Gasteiger partial charge in [-0.25, -0.2) is 0 Å². The van der Waals surface area contributed by atoms with Crippen molar-refractivity contribution in [3.05, 3.63) is 17.5 Å². The Bertz CT molecular complexity index is 320. The lowest BCUT2D eigenvalue weighted by Crippen LogP contribution is -2.13. The Morgan fingerprint density at radius 3 is 3.07 bits per heavy atom. The average molecular weight is 191 g/mol. The van der Waals surface area contributed by atoms with Gasteiger partial charge in [-0.3, -0.25) is 4.68 Å². The number of hydrogen-bond donors (Lipinski definition) is 1. The van der Waals surface area contributed by atoms with E-state index in [0.29, 0.717) is 6.54 Å². The molecule has 3 heteroatoms. The van der Waals surface area contributed by atoms with E-state index in [-0.39, 0.29) is 0 Å². The summed E-state index contributed by atoms with van der Waals surface area (Å²) in [6.07, 6.45) is 8.38. The summed E-state index contributed by atoms with van der Waals surface area (Å²) in [5, 5.41) is 7.66. The summed E-state index contributed by atoms with van der Waals surface area (Å²) in [7, 11) is 0. The molecule has 1 aromatic heterocycles. The summed E-state index contributed by atoms with van der Waals surface area (Å²) in [6, 6.07) is 0. The predicted octanol–water partition coefficient (Wildman–Crippen LogP) is 1.32. The maximum absolute atomic E-state index is 5.22. The van der Waals surface area contributed by atoms with Crippen LogP contribution in [0, 0.1) is 19.3 Å². The summed E-state index contributed by atoms with van der Waals surface area (Å²) < 4.78 is 1.80. The van der Waals surface area contributed by atoms with Crippen LogP contribution in [0.25, 0.3) is 0 Å². The lowest BCUT2D eigenvalue weighted by molar-refractivity contribution is 0.672. The van der Waals surface area contributed by atoms with Crippen molar-refractivity contribution < 1.29 is 0 Å². The van der Waals surface area contributed by atoms with Gasteiger partial charge in [0.25, 0.3) is 0 Å². The van der Waals surface area contributed by atoms with E-state index in [9.17, 15) is 0 Å². The maximum Gasteiger partial charge on any atom is 0.101 e. The first-order valence-corrected chi connectivity index (χ1v) is 4.95.